The molecule has 5 heteroatoms. The first-order valence-corrected chi connectivity index (χ1v) is 4.60. The highest BCUT2D eigenvalue weighted by Crippen LogP contribution is 1.82. The molecule has 13 heavy (non-hydrogen) atoms. The van der Waals surface area contributed by atoms with Crippen LogP contribution in [0.2, 0.25) is 0 Å². The third kappa shape index (κ3) is 2.01. The van der Waals surface area contributed by atoms with Gasteiger partial charge in [-0.1, -0.05) is 0 Å². The maximum absolute atomic E-state index is 11.5. The third-order valence-corrected chi connectivity index (χ3v) is 1.95. The predicted molar refractivity (Wildman–Crippen MR) is 51.4 cm³/mol. The number of nitrogens with zero attached hydrogens (tertiary/aromatic N) is 2. The Morgan fingerprint density at radius 3 is 2.69 bits per heavy atom. The molecular weight excluding hydrogens is 192 g/mol. The summed E-state index contributed by atoms with van der Waals surface area (Å²) >= 11 is 5.50. The predicted octanol–water partition coefficient (Wildman–Crippen LogP) is 0.269. The van der Waals surface area contributed by atoms with Crippen molar-refractivity contribution in [2.75, 3.05) is 5.88 Å². The Balaban J connectivity index is 3.28. The molecule has 1 rings (SSSR count). The second kappa shape index (κ2) is 4.28. The molecule has 0 radical (unpaired) electrons. The molecule has 4 nitrogen and oxygen atoms in total. The molecule has 0 aliphatic heterocycles. The summed E-state index contributed by atoms with van der Waals surface area (Å²) in [5.74, 6) is 0.363. The van der Waals surface area contributed by atoms with Crippen molar-refractivity contribution in [3.8, 4) is 0 Å². The summed E-state index contributed by atoms with van der Waals surface area (Å²) in [4.78, 5) is 22.6. The normalized spacial score (nSPS) is 10.3. The molecule has 0 aliphatic carbocycles. The van der Waals surface area contributed by atoms with Gasteiger partial charge in [-0.05, 0) is 6.92 Å². The third-order valence-electron chi connectivity index (χ3n) is 1.78. The number of hydrogen-bond donors (Lipinski definition) is 0. The van der Waals surface area contributed by atoms with E-state index in [2.05, 4.69) is 0 Å². The van der Waals surface area contributed by atoms with Crippen molar-refractivity contribution in [2.45, 2.75) is 20.0 Å². The van der Waals surface area contributed by atoms with Crippen molar-refractivity contribution < 1.29 is 0 Å². The van der Waals surface area contributed by atoms with E-state index in [9.17, 15) is 9.59 Å². The Labute approximate surface area is 80.4 Å². The summed E-state index contributed by atoms with van der Waals surface area (Å²) < 4.78 is 2.60. The molecule has 0 saturated heterocycles. The molecule has 0 amide bonds. The highest BCUT2D eigenvalue weighted by molar-refractivity contribution is 6.17. The second-order valence-corrected chi connectivity index (χ2v) is 2.94. The van der Waals surface area contributed by atoms with Gasteiger partial charge in [-0.3, -0.25) is 13.9 Å². The van der Waals surface area contributed by atoms with Gasteiger partial charge in [0.2, 0.25) is 0 Å². The standard InChI is InChI=1S/C8H11ClN2O2/c1-2-11-7(12)3-5-10(6-4-9)8(11)13/h3,5H,2,4,6H2,1H3. The van der Waals surface area contributed by atoms with Gasteiger partial charge >= 0.3 is 5.69 Å². The van der Waals surface area contributed by atoms with E-state index in [4.69, 9.17) is 11.6 Å². The van der Waals surface area contributed by atoms with E-state index in [1.807, 2.05) is 0 Å². The first kappa shape index (κ1) is 10.1. The zero-order valence-electron chi connectivity index (χ0n) is 7.36. The molecule has 1 aromatic rings. The molecule has 0 aliphatic rings. The van der Waals surface area contributed by atoms with Crippen LogP contribution in [-0.4, -0.2) is 15.0 Å². The molecule has 0 saturated carbocycles. The quantitative estimate of drug-likeness (QED) is 0.661. The van der Waals surface area contributed by atoms with Crippen LogP contribution in [0.1, 0.15) is 6.92 Å². The Kier molecular flexibility index (Phi) is 3.31. The van der Waals surface area contributed by atoms with Gasteiger partial charge in [0, 0.05) is 31.2 Å². The number of alkyl halides is 1. The zero-order chi connectivity index (χ0) is 9.84. The van der Waals surface area contributed by atoms with E-state index in [-0.39, 0.29) is 11.2 Å². The van der Waals surface area contributed by atoms with Crippen LogP contribution in [0.4, 0.5) is 0 Å². The van der Waals surface area contributed by atoms with Crippen molar-refractivity contribution in [3.05, 3.63) is 33.1 Å². The van der Waals surface area contributed by atoms with Gasteiger partial charge in [0.25, 0.3) is 5.56 Å². The van der Waals surface area contributed by atoms with Crippen LogP contribution in [0.15, 0.2) is 21.9 Å². The summed E-state index contributed by atoms with van der Waals surface area (Å²) in [7, 11) is 0. The fourth-order valence-electron chi connectivity index (χ4n) is 1.11. The largest absolute Gasteiger partial charge is 0.330 e. The van der Waals surface area contributed by atoms with Gasteiger partial charge in [-0.15, -0.1) is 11.6 Å². The molecule has 0 aromatic carbocycles. The van der Waals surface area contributed by atoms with Crippen molar-refractivity contribution in [2.24, 2.45) is 0 Å². The Bertz CT molecular complexity index is 394. The number of aromatic nitrogens is 2. The van der Waals surface area contributed by atoms with E-state index >= 15 is 0 Å². The van der Waals surface area contributed by atoms with Crippen molar-refractivity contribution in [1.29, 1.82) is 0 Å². The van der Waals surface area contributed by atoms with Crippen molar-refractivity contribution in [1.82, 2.24) is 9.13 Å². The molecule has 0 N–H and O–H groups in total. The Morgan fingerprint density at radius 1 is 1.46 bits per heavy atom. The fourth-order valence-corrected chi connectivity index (χ4v) is 1.29. The second-order valence-electron chi connectivity index (χ2n) is 2.56. The van der Waals surface area contributed by atoms with Gasteiger partial charge in [-0.25, -0.2) is 4.79 Å². The van der Waals surface area contributed by atoms with Gasteiger partial charge in [0.05, 0.1) is 0 Å². The lowest BCUT2D eigenvalue weighted by molar-refractivity contribution is 0.589. The van der Waals surface area contributed by atoms with E-state index in [0.717, 1.165) is 0 Å². The summed E-state index contributed by atoms with van der Waals surface area (Å²) in [5, 5.41) is 0. The summed E-state index contributed by atoms with van der Waals surface area (Å²) in [6, 6.07) is 1.37. The smallest absolute Gasteiger partial charge is 0.299 e. The van der Waals surface area contributed by atoms with E-state index in [1.165, 1.54) is 21.4 Å². The Morgan fingerprint density at radius 2 is 2.15 bits per heavy atom. The molecule has 0 fully saturated rings. The lowest BCUT2D eigenvalue weighted by Crippen LogP contribution is -2.38. The fraction of sp³-hybridized carbons (Fsp3) is 0.500. The zero-order valence-corrected chi connectivity index (χ0v) is 8.12. The number of aryl methyl sites for hydroxylation is 1. The van der Waals surface area contributed by atoms with Crippen molar-refractivity contribution >= 4 is 11.6 Å². The Hall–Kier alpha value is -1.03. The van der Waals surface area contributed by atoms with E-state index < -0.39 is 0 Å². The SMILES string of the molecule is CCn1c(=O)ccn(CCCl)c1=O. The van der Waals surface area contributed by atoms with E-state index in [0.29, 0.717) is 19.0 Å². The number of halogens is 1. The minimum Gasteiger partial charge on any atom is -0.299 e. The molecule has 0 spiro atoms. The topological polar surface area (TPSA) is 44.0 Å². The summed E-state index contributed by atoms with van der Waals surface area (Å²) in [5.41, 5.74) is -0.561. The summed E-state index contributed by atoms with van der Waals surface area (Å²) in [6.07, 6.45) is 1.47. The highest BCUT2D eigenvalue weighted by Gasteiger charge is 2.01. The molecule has 72 valence electrons. The van der Waals surface area contributed by atoms with Crippen LogP contribution in [0, 0.1) is 0 Å². The van der Waals surface area contributed by atoms with Crippen LogP contribution in [0.3, 0.4) is 0 Å². The number of hydrogen-bond acceptors (Lipinski definition) is 2. The van der Waals surface area contributed by atoms with Crippen LogP contribution in [0.5, 0.6) is 0 Å². The molecule has 0 bridgehead atoms. The average molecular weight is 203 g/mol. The minimum absolute atomic E-state index is 0.265. The molecule has 1 aromatic heterocycles. The monoisotopic (exact) mass is 202 g/mol. The van der Waals surface area contributed by atoms with Crippen LogP contribution in [0.25, 0.3) is 0 Å². The first-order chi connectivity index (χ1) is 6.20. The highest BCUT2D eigenvalue weighted by atomic mass is 35.5. The molecule has 0 unspecified atom stereocenters. The molecule has 1 heterocycles. The number of rotatable bonds is 3. The van der Waals surface area contributed by atoms with Crippen LogP contribution >= 0.6 is 11.6 Å². The van der Waals surface area contributed by atoms with Gasteiger partial charge < -0.3 is 0 Å². The first-order valence-electron chi connectivity index (χ1n) is 4.07. The lowest BCUT2D eigenvalue weighted by atomic mass is 10.5. The lowest BCUT2D eigenvalue weighted by Gasteiger charge is -2.05. The summed E-state index contributed by atoms with van der Waals surface area (Å²) in [6.45, 7) is 2.58. The van der Waals surface area contributed by atoms with Gasteiger partial charge in [0.15, 0.2) is 0 Å². The average Bonchev–Trinajstić information content (AvgIpc) is 2.11. The van der Waals surface area contributed by atoms with Gasteiger partial charge in [0.1, 0.15) is 0 Å². The maximum Gasteiger partial charge on any atom is 0.330 e. The minimum atomic E-state index is -0.296. The maximum atomic E-state index is 11.5. The van der Waals surface area contributed by atoms with Crippen molar-refractivity contribution in [3.63, 3.8) is 0 Å². The van der Waals surface area contributed by atoms with Crippen LogP contribution < -0.4 is 11.2 Å². The van der Waals surface area contributed by atoms with Crippen LogP contribution in [-0.2, 0) is 13.1 Å². The molecular formula is C8H11ClN2O2. The van der Waals surface area contributed by atoms with Gasteiger partial charge in [-0.2, -0.15) is 0 Å². The molecule has 0 atom stereocenters. The van der Waals surface area contributed by atoms with E-state index in [1.54, 1.807) is 6.92 Å².